The molecular formula is C14H21NO. The van der Waals surface area contributed by atoms with Crippen molar-refractivity contribution in [2.24, 2.45) is 0 Å². The smallest absolute Gasteiger partial charge is 0.0528 e. The Morgan fingerprint density at radius 1 is 1.44 bits per heavy atom. The topological polar surface area (TPSA) is 23.5 Å². The largest absolute Gasteiger partial charge is 0.393 e. The van der Waals surface area contributed by atoms with Crippen LogP contribution in [0.2, 0.25) is 0 Å². The number of aliphatic hydroxyl groups is 1. The van der Waals surface area contributed by atoms with Gasteiger partial charge in [0.25, 0.3) is 0 Å². The fourth-order valence-electron chi connectivity index (χ4n) is 2.38. The lowest BCUT2D eigenvalue weighted by atomic mass is 9.99. The van der Waals surface area contributed by atoms with Gasteiger partial charge in [-0.2, -0.15) is 0 Å². The van der Waals surface area contributed by atoms with Crippen LogP contribution in [-0.2, 0) is 6.42 Å². The summed E-state index contributed by atoms with van der Waals surface area (Å²) in [6.07, 6.45) is 3.09. The van der Waals surface area contributed by atoms with Crippen molar-refractivity contribution in [2.75, 3.05) is 18.0 Å². The summed E-state index contributed by atoms with van der Waals surface area (Å²) < 4.78 is 0. The van der Waals surface area contributed by atoms with Gasteiger partial charge in [-0.3, -0.25) is 0 Å². The molecule has 0 aromatic heterocycles. The zero-order chi connectivity index (χ0) is 11.5. The third-order valence-electron chi connectivity index (χ3n) is 3.27. The molecule has 2 rings (SSSR count). The molecule has 0 saturated heterocycles. The minimum absolute atomic E-state index is 0.198. The Kier molecular flexibility index (Phi) is 3.49. The third-order valence-corrected chi connectivity index (χ3v) is 3.27. The van der Waals surface area contributed by atoms with Crippen LogP contribution in [0.5, 0.6) is 0 Å². The van der Waals surface area contributed by atoms with E-state index in [9.17, 15) is 5.11 Å². The predicted octanol–water partition coefficient (Wildman–Crippen LogP) is 2.52. The molecule has 88 valence electrons. The molecule has 16 heavy (non-hydrogen) atoms. The first-order chi connectivity index (χ1) is 7.66. The normalized spacial score (nSPS) is 17.1. The highest BCUT2D eigenvalue weighted by molar-refractivity contribution is 5.56. The van der Waals surface area contributed by atoms with Crippen molar-refractivity contribution in [2.45, 2.75) is 39.2 Å². The molecule has 0 spiro atoms. The molecule has 1 aromatic carbocycles. The Balaban J connectivity index is 2.13. The number of fused-ring (bicyclic) bond motifs is 1. The van der Waals surface area contributed by atoms with Crippen molar-refractivity contribution in [3.63, 3.8) is 0 Å². The lowest BCUT2D eigenvalue weighted by Gasteiger charge is -2.32. The van der Waals surface area contributed by atoms with Crippen molar-refractivity contribution >= 4 is 5.69 Å². The average Bonchev–Trinajstić information content (AvgIpc) is 2.25. The van der Waals surface area contributed by atoms with E-state index in [2.05, 4.69) is 30.0 Å². The van der Waals surface area contributed by atoms with Gasteiger partial charge in [0.05, 0.1) is 6.10 Å². The quantitative estimate of drug-likeness (QED) is 0.844. The van der Waals surface area contributed by atoms with Crippen LogP contribution in [0.4, 0.5) is 5.69 Å². The van der Waals surface area contributed by atoms with Crippen LogP contribution in [0, 0.1) is 6.92 Å². The number of nitrogens with zero attached hydrogens (tertiary/aromatic N) is 1. The van der Waals surface area contributed by atoms with E-state index in [1.165, 1.54) is 29.7 Å². The van der Waals surface area contributed by atoms with Crippen molar-refractivity contribution < 1.29 is 5.11 Å². The molecule has 0 amide bonds. The number of aliphatic hydroxyl groups excluding tert-OH is 1. The summed E-state index contributed by atoms with van der Waals surface area (Å²) >= 11 is 0. The summed E-state index contributed by atoms with van der Waals surface area (Å²) in [4.78, 5) is 2.41. The summed E-state index contributed by atoms with van der Waals surface area (Å²) in [5.41, 5.74) is 4.19. The van der Waals surface area contributed by atoms with Gasteiger partial charge in [0.1, 0.15) is 0 Å². The zero-order valence-electron chi connectivity index (χ0n) is 10.2. The molecule has 0 fully saturated rings. The van der Waals surface area contributed by atoms with Crippen LogP contribution in [0.3, 0.4) is 0 Å². The number of hydrogen-bond donors (Lipinski definition) is 1. The van der Waals surface area contributed by atoms with Crippen LogP contribution in [0.25, 0.3) is 0 Å². The van der Waals surface area contributed by atoms with E-state index in [1.807, 2.05) is 6.92 Å². The Labute approximate surface area is 97.9 Å². The van der Waals surface area contributed by atoms with Crippen molar-refractivity contribution in [1.82, 2.24) is 0 Å². The van der Waals surface area contributed by atoms with Gasteiger partial charge in [-0.05, 0) is 44.7 Å². The van der Waals surface area contributed by atoms with Crippen LogP contribution >= 0.6 is 0 Å². The summed E-state index contributed by atoms with van der Waals surface area (Å²) in [5, 5.41) is 9.35. The van der Waals surface area contributed by atoms with Gasteiger partial charge in [0.2, 0.25) is 0 Å². The van der Waals surface area contributed by atoms with Crippen LogP contribution in [0.1, 0.15) is 30.9 Å². The standard InChI is InChI=1S/C14H21NO/c1-11-5-6-14-13(10-11)4-3-8-15(14)9-7-12(2)16/h5-6,10,12,16H,3-4,7-9H2,1-2H3. The van der Waals surface area contributed by atoms with Gasteiger partial charge in [-0.1, -0.05) is 17.7 Å². The van der Waals surface area contributed by atoms with Crippen molar-refractivity contribution in [1.29, 1.82) is 0 Å². The first-order valence-corrected chi connectivity index (χ1v) is 6.19. The first-order valence-electron chi connectivity index (χ1n) is 6.19. The Bertz CT molecular complexity index is 360. The van der Waals surface area contributed by atoms with E-state index in [4.69, 9.17) is 0 Å². The third kappa shape index (κ3) is 2.56. The molecule has 0 bridgehead atoms. The van der Waals surface area contributed by atoms with E-state index in [0.29, 0.717) is 0 Å². The second kappa shape index (κ2) is 4.88. The highest BCUT2D eigenvalue weighted by atomic mass is 16.3. The van der Waals surface area contributed by atoms with E-state index >= 15 is 0 Å². The fourth-order valence-corrected chi connectivity index (χ4v) is 2.38. The molecule has 0 saturated carbocycles. The van der Waals surface area contributed by atoms with Crippen molar-refractivity contribution in [3.05, 3.63) is 29.3 Å². The number of rotatable bonds is 3. The van der Waals surface area contributed by atoms with Gasteiger partial charge >= 0.3 is 0 Å². The SMILES string of the molecule is Cc1ccc2c(c1)CCCN2CCC(C)O. The maximum absolute atomic E-state index is 9.35. The molecule has 1 N–H and O–H groups in total. The number of hydrogen-bond acceptors (Lipinski definition) is 2. The van der Waals surface area contributed by atoms with Crippen LogP contribution < -0.4 is 4.90 Å². The average molecular weight is 219 g/mol. The summed E-state index contributed by atoms with van der Waals surface area (Å²) in [6, 6.07) is 6.70. The van der Waals surface area contributed by atoms with Crippen LogP contribution in [0.15, 0.2) is 18.2 Å². The second-order valence-corrected chi connectivity index (χ2v) is 4.86. The van der Waals surface area contributed by atoms with E-state index in [0.717, 1.165) is 19.5 Å². The highest BCUT2D eigenvalue weighted by Gasteiger charge is 2.16. The minimum Gasteiger partial charge on any atom is -0.393 e. The molecule has 1 atom stereocenters. The second-order valence-electron chi connectivity index (χ2n) is 4.86. The van der Waals surface area contributed by atoms with Gasteiger partial charge in [-0.15, -0.1) is 0 Å². The summed E-state index contributed by atoms with van der Waals surface area (Å²) in [5.74, 6) is 0. The Morgan fingerprint density at radius 3 is 3.00 bits per heavy atom. The maximum atomic E-state index is 9.35. The zero-order valence-corrected chi connectivity index (χ0v) is 10.2. The fraction of sp³-hybridized carbons (Fsp3) is 0.571. The minimum atomic E-state index is -0.198. The molecule has 1 aliphatic heterocycles. The number of benzene rings is 1. The predicted molar refractivity (Wildman–Crippen MR) is 68.0 cm³/mol. The summed E-state index contributed by atoms with van der Waals surface area (Å²) in [7, 11) is 0. The first kappa shape index (κ1) is 11.5. The van der Waals surface area contributed by atoms with E-state index in [1.54, 1.807) is 0 Å². The molecule has 0 aliphatic carbocycles. The Hall–Kier alpha value is -1.02. The highest BCUT2D eigenvalue weighted by Crippen LogP contribution is 2.28. The molecule has 1 unspecified atom stereocenters. The summed E-state index contributed by atoms with van der Waals surface area (Å²) in [6.45, 7) is 6.10. The van der Waals surface area contributed by atoms with Gasteiger partial charge in [0, 0.05) is 18.8 Å². The van der Waals surface area contributed by atoms with Gasteiger partial charge < -0.3 is 10.0 Å². The Morgan fingerprint density at radius 2 is 2.25 bits per heavy atom. The van der Waals surface area contributed by atoms with Crippen molar-refractivity contribution in [3.8, 4) is 0 Å². The van der Waals surface area contributed by atoms with E-state index < -0.39 is 0 Å². The van der Waals surface area contributed by atoms with Gasteiger partial charge in [0.15, 0.2) is 0 Å². The molecule has 2 nitrogen and oxygen atoms in total. The monoisotopic (exact) mass is 219 g/mol. The molecule has 1 aliphatic rings. The molecule has 1 aromatic rings. The lowest BCUT2D eigenvalue weighted by Crippen LogP contribution is -2.31. The number of aryl methyl sites for hydroxylation is 2. The number of anilines is 1. The molecule has 2 heteroatoms. The molecule has 0 radical (unpaired) electrons. The maximum Gasteiger partial charge on any atom is 0.0528 e. The molecule has 1 heterocycles. The van der Waals surface area contributed by atoms with Crippen LogP contribution in [-0.4, -0.2) is 24.3 Å². The van der Waals surface area contributed by atoms with E-state index in [-0.39, 0.29) is 6.10 Å². The van der Waals surface area contributed by atoms with Gasteiger partial charge in [-0.25, -0.2) is 0 Å². The molecular weight excluding hydrogens is 198 g/mol. The lowest BCUT2D eigenvalue weighted by molar-refractivity contribution is 0.186.